The molecular formula is C19H18F3NO3. The predicted molar refractivity (Wildman–Crippen MR) is 88.0 cm³/mol. The molecule has 1 aliphatic rings. The summed E-state index contributed by atoms with van der Waals surface area (Å²) >= 11 is 0. The van der Waals surface area contributed by atoms with Gasteiger partial charge in [-0.3, -0.25) is 9.69 Å². The molecular weight excluding hydrogens is 347 g/mol. The minimum absolute atomic E-state index is 0.0672. The molecule has 0 aliphatic carbocycles. The molecule has 1 N–H and O–H groups in total. The molecule has 4 nitrogen and oxygen atoms in total. The molecule has 2 aromatic carbocycles. The van der Waals surface area contributed by atoms with Crippen molar-refractivity contribution in [2.24, 2.45) is 0 Å². The number of aliphatic hydroxyl groups is 1. The molecule has 3 atom stereocenters. The number of rotatable bonds is 4. The van der Waals surface area contributed by atoms with Gasteiger partial charge in [-0.15, -0.1) is 0 Å². The number of hydrogen-bond donors (Lipinski definition) is 1. The molecule has 1 aliphatic heterocycles. The van der Waals surface area contributed by atoms with E-state index in [-0.39, 0.29) is 13.0 Å². The van der Waals surface area contributed by atoms with Crippen molar-refractivity contribution in [3.63, 3.8) is 0 Å². The maximum Gasteiger partial charge on any atom is 0.433 e. The molecule has 138 valence electrons. The van der Waals surface area contributed by atoms with Crippen LogP contribution in [-0.4, -0.2) is 41.0 Å². The minimum Gasteiger partial charge on any atom is -0.383 e. The van der Waals surface area contributed by atoms with Crippen LogP contribution in [0.4, 0.5) is 13.2 Å². The van der Waals surface area contributed by atoms with Crippen LogP contribution in [0.3, 0.4) is 0 Å². The molecule has 1 heterocycles. The standard InChI is InChI=1S/C19H18F3NO3/c20-19(21,22)18-23(15(12-26-18)14-9-5-2-6-10-14)17(25)16(24)11-13-7-3-1-4-8-13/h1-10,15-16,18,24H,11-12H2/t15-,16+,18-/m0/s1. The highest BCUT2D eigenvalue weighted by Crippen LogP contribution is 2.38. The molecule has 0 aromatic heterocycles. The summed E-state index contributed by atoms with van der Waals surface area (Å²) < 4.78 is 44.9. The normalized spacial score (nSPS) is 21.6. The fraction of sp³-hybridized carbons (Fsp3) is 0.316. The number of benzene rings is 2. The zero-order chi connectivity index (χ0) is 18.7. The van der Waals surface area contributed by atoms with Crippen LogP contribution >= 0.6 is 0 Å². The van der Waals surface area contributed by atoms with E-state index in [1.165, 1.54) is 0 Å². The van der Waals surface area contributed by atoms with Crippen LogP contribution in [0.25, 0.3) is 0 Å². The molecule has 0 radical (unpaired) electrons. The van der Waals surface area contributed by atoms with E-state index in [9.17, 15) is 23.1 Å². The van der Waals surface area contributed by atoms with E-state index in [1.807, 2.05) is 0 Å². The van der Waals surface area contributed by atoms with Gasteiger partial charge in [0.25, 0.3) is 5.91 Å². The summed E-state index contributed by atoms with van der Waals surface area (Å²) in [5, 5.41) is 10.3. The molecule has 0 bridgehead atoms. The molecule has 1 fully saturated rings. The maximum absolute atomic E-state index is 13.4. The first-order chi connectivity index (χ1) is 12.4. The largest absolute Gasteiger partial charge is 0.433 e. The maximum atomic E-state index is 13.4. The number of carbonyl (C=O) groups is 1. The van der Waals surface area contributed by atoms with Gasteiger partial charge in [-0.1, -0.05) is 60.7 Å². The summed E-state index contributed by atoms with van der Waals surface area (Å²) in [5.74, 6) is -0.998. The molecule has 0 spiro atoms. The summed E-state index contributed by atoms with van der Waals surface area (Å²) in [6.07, 6.45) is -8.77. The SMILES string of the molecule is O=C([C@H](O)Cc1ccccc1)N1[C@H](C(F)(F)F)OC[C@H]1c1ccccc1. The average Bonchev–Trinajstić information content (AvgIpc) is 3.08. The Labute approximate surface area is 148 Å². The lowest BCUT2D eigenvalue weighted by atomic mass is 10.0. The molecule has 2 aromatic rings. The van der Waals surface area contributed by atoms with E-state index in [0.29, 0.717) is 16.0 Å². The van der Waals surface area contributed by atoms with Crippen LogP contribution in [0.5, 0.6) is 0 Å². The number of alkyl halides is 3. The quantitative estimate of drug-likeness (QED) is 0.906. The average molecular weight is 365 g/mol. The van der Waals surface area contributed by atoms with Crippen molar-refractivity contribution in [3.8, 4) is 0 Å². The first kappa shape index (κ1) is 18.4. The Morgan fingerprint density at radius 1 is 1.12 bits per heavy atom. The fourth-order valence-corrected chi connectivity index (χ4v) is 3.06. The van der Waals surface area contributed by atoms with E-state index in [0.717, 1.165) is 0 Å². The number of amides is 1. The van der Waals surface area contributed by atoms with Gasteiger partial charge >= 0.3 is 6.18 Å². The van der Waals surface area contributed by atoms with Gasteiger partial charge in [0.05, 0.1) is 12.6 Å². The van der Waals surface area contributed by atoms with Crippen molar-refractivity contribution in [1.82, 2.24) is 4.90 Å². The van der Waals surface area contributed by atoms with Crippen LogP contribution in [-0.2, 0) is 16.0 Å². The van der Waals surface area contributed by atoms with E-state index in [1.54, 1.807) is 60.7 Å². The number of ether oxygens (including phenoxy) is 1. The van der Waals surface area contributed by atoms with Gasteiger partial charge in [-0.05, 0) is 11.1 Å². The monoisotopic (exact) mass is 365 g/mol. The van der Waals surface area contributed by atoms with E-state index in [2.05, 4.69) is 0 Å². The molecule has 7 heteroatoms. The highest BCUT2D eigenvalue weighted by Gasteiger charge is 2.54. The molecule has 1 amide bonds. The summed E-state index contributed by atoms with van der Waals surface area (Å²) in [4.78, 5) is 13.3. The Balaban J connectivity index is 1.86. The highest BCUT2D eigenvalue weighted by atomic mass is 19.4. The van der Waals surface area contributed by atoms with Crippen molar-refractivity contribution >= 4 is 5.91 Å². The Kier molecular flexibility index (Phi) is 5.29. The zero-order valence-electron chi connectivity index (χ0n) is 13.8. The molecule has 3 rings (SSSR count). The Morgan fingerprint density at radius 2 is 1.69 bits per heavy atom. The van der Waals surface area contributed by atoms with Gasteiger partial charge in [0.1, 0.15) is 6.10 Å². The van der Waals surface area contributed by atoms with Crippen molar-refractivity contribution in [2.75, 3.05) is 6.61 Å². The van der Waals surface area contributed by atoms with Gasteiger partial charge < -0.3 is 9.84 Å². The second kappa shape index (κ2) is 7.47. The predicted octanol–water partition coefficient (Wildman–Crippen LogP) is 3.08. The van der Waals surface area contributed by atoms with Crippen LogP contribution in [0.1, 0.15) is 17.2 Å². The first-order valence-electron chi connectivity index (χ1n) is 8.15. The minimum atomic E-state index is -4.74. The number of hydrogen-bond acceptors (Lipinski definition) is 3. The lowest BCUT2D eigenvalue weighted by molar-refractivity contribution is -0.241. The van der Waals surface area contributed by atoms with E-state index < -0.39 is 30.5 Å². The Morgan fingerprint density at radius 3 is 2.27 bits per heavy atom. The van der Waals surface area contributed by atoms with Crippen LogP contribution in [0.15, 0.2) is 60.7 Å². The number of halogens is 3. The third kappa shape index (κ3) is 3.89. The third-order valence-electron chi connectivity index (χ3n) is 4.28. The second-order valence-corrected chi connectivity index (χ2v) is 6.10. The lowest BCUT2D eigenvalue weighted by Crippen LogP contribution is -2.50. The fourth-order valence-electron chi connectivity index (χ4n) is 3.06. The van der Waals surface area contributed by atoms with E-state index in [4.69, 9.17) is 4.74 Å². The smallest absolute Gasteiger partial charge is 0.383 e. The number of carbonyl (C=O) groups excluding carboxylic acids is 1. The van der Waals surface area contributed by atoms with Gasteiger partial charge in [-0.25, -0.2) is 0 Å². The zero-order valence-corrected chi connectivity index (χ0v) is 13.8. The second-order valence-electron chi connectivity index (χ2n) is 6.10. The summed E-state index contributed by atoms with van der Waals surface area (Å²) in [6, 6.07) is 16.1. The Bertz CT molecular complexity index is 737. The molecule has 26 heavy (non-hydrogen) atoms. The first-order valence-corrected chi connectivity index (χ1v) is 8.15. The van der Waals surface area contributed by atoms with Crippen molar-refractivity contribution in [3.05, 3.63) is 71.8 Å². The number of nitrogens with zero attached hydrogens (tertiary/aromatic N) is 1. The van der Waals surface area contributed by atoms with Gasteiger partial charge in [0.15, 0.2) is 0 Å². The Hall–Kier alpha value is -2.38. The van der Waals surface area contributed by atoms with Crippen LogP contribution in [0, 0.1) is 0 Å². The summed E-state index contributed by atoms with van der Waals surface area (Å²) in [7, 11) is 0. The van der Waals surface area contributed by atoms with Gasteiger partial charge in [-0.2, -0.15) is 13.2 Å². The number of aliphatic hydroxyl groups excluding tert-OH is 1. The molecule has 0 unspecified atom stereocenters. The van der Waals surface area contributed by atoms with Gasteiger partial charge in [0, 0.05) is 6.42 Å². The van der Waals surface area contributed by atoms with Crippen molar-refractivity contribution < 1.29 is 27.8 Å². The topological polar surface area (TPSA) is 49.8 Å². The van der Waals surface area contributed by atoms with Crippen LogP contribution < -0.4 is 0 Å². The molecule has 1 saturated heterocycles. The van der Waals surface area contributed by atoms with E-state index >= 15 is 0 Å². The highest BCUT2D eigenvalue weighted by molar-refractivity contribution is 5.82. The summed E-state index contributed by atoms with van der Waals surface area (Å²) in [6.45, 7) is -0.280. The third-order valence-corrected chi connectivity index (χ3v) is 4.28. The lowest BCUT2D eigenvalue weighted by Gasteiger charge is -2.31. The summed E-state index contributed by atoms with van der Waals surface area (Å²) in [5.41, 5.74) is 1.19. The van der Waals surface area contributed by atoms with Crippen molar-refractivity contribution in [1.29, 1.82) is 0 Å². The molecule has 0 saturated carbocycles. The van der Waals surface area contributed by atoms with Gasteiger partial charge in [0.2, 0.25) is 6.23 Å². The van der Waals surface area contributed by atoms with Crippen molar-refractivity contribution in [2.45, 2.75) is 31.0 Å². The van der Waals surface area contributed by atoms with Crippen LogP contribution in [0.2, 0.25) is 0 Å².